The number of halogens is 1. The van der Waals surface area contributed by atoms with Crippen molar-refractivity contribution in [1.29, 1.82) is 0 Å². The molecule has 3 N–H and O–H groups in total. The van der Waals surface area contributed by atoms with Gasteiger partial charge < -0.3 is 10.3 Å². The summed E-state index contributed by atoms with van der Waals surface area (Å²) in [6, 6.07) is 9.80. The molecule has 3 aromatic rings. The number of anilines is 1. The van der Waals surface area contributed by atoms with Crippen LogP contribution in [0.2, 0.25) is 5.02 Å². The number of nitrogens with zero attached hydrogens (tertiary/aromatic N) is 3. The van der Waals surface area contributed by atoms with Gasteiger partial charge in [0, 0.05) is 28.5 Å². The van der Waals surface area contributed by atoms with Crippen molar-refractivity contribution in [3.05, 3.63) is 57.9 Å². The SMILES string of the molecule is Cc1cc(C(=O)CSc2n[nH]c(N)n2)c(C)n1CCc1ccc(Cl)cc1. The smallest absolute Gasteiger partial charge is 0.216 e. The van der Waals surface area contributed by atoms with E-state index in [-0.39, 0.29) is 17.5 Å². The number of carbonyl (C=O) groups excluding carboxylic acids is 1. The van der Waals surface area contributed by atoms with Crippen LogP contribution in [0.1, 0.15) is 27.3 Å². The van der Waals surface area contributed by atoms with Crippen molar-refractivity contribution in [3.63, 3.8) is 0 Å². The van der Waals surface area contributed by atoms with Gasteiger partial charge >= 0.3 is 0 Å². The number of carbonyl (C=O) groups is 1. The van der Waals surface area contributed by atoms with Gasteiger partial charge in [0.25, 0.3) is 0 Å². The van der Waals surface area contributed by atoms with E-state index in [9.17, 15) is 4.79 Å². The highest BCUT2D eigenvalue weighted by Crippen LogP contribution is 2.21. The van der Waals surface area contributed by atoms with Crippen molar-refractivity contribution in [2.75, 3.05) is 11.5 Å². The molecule has 6 nitrogen and oxygen atoms in total. The first kappa shape index (κ1) is 18.5. The van der Waals surface area contributed by atoms with E-state index >= 15 is 0 Å². The van der Waals surface area contributed by atoms with Crippen LogP contribution in [-0.2, 0) is 13.0 Å². The second-order valence-electron chi connectivity index (χ2n) is 6.03. The second kappa shape index (κ2) is 7.97. The molecule has 2 heterocycles. The zero-order valence-electron chi connectivity index (χ0n) is 14.6. The third kappa shape index (κ3) is 4.28. The zero-order valence-corrected chi connectivity index (χ0v) is 16.2. The van der Waals surface area contributed by atoms with Crippen molar-refractivity contribution >= 4 is 35.1 Å². The minimum absolute atomic E-state index is 0.0595. The minimum Gasteiger partial charge on any atom is -0.368 e. The molecule has 8 heteroatoms. The highest BCUT2D eigenvalue weighted by molar-refractivity contribution is 7.99. The lowest BCUT2D eigenvalue weighted by Crippen LogP contribution is -2.08. The number of thioether (sulfide) groups is 1. The number of aryl methyl sites for hydroxylation is 2. The molecule has 0 aliphatic rings. The molecule has 0 bridgehead atoms. The Morgan fingerprint density at radius 3 is 2.69 bits per heavy atom. The molecule has 26 heavy (non-hydrogen) atoms. The Hall–Kier alpha value is -2.25. The predicted molar refractivity (Wildman–Crippen MR) is 105 cm³/mol. The first-order chi connectivity index (χ1) is 12.4. The van der Waals surface area contributed by atoms with Gasteiger partial charge in [0.2, 0.25) is 11.1 Å². The number of benzene rings is 1. The lowest BCUT2D eigenvalue weighted by atomic mass is 10.1. The first-order valence-electron chi connectivity index (χ1n) is 8.19. The summed E-state index contributed by atoms with van der Waals surface area (Å²) >= 11 is 7.21. The molecule has 0 atom stereocenters. The molecule has 0 aliphatic carbocycles. The molecule has 0 spiro atoms. The van der Waals surface area contributed by atoms with E-state index < -0.39 is 0 Å². The van der Waals surface area contributed by atoms with Crippen molar-refractivity contribution < 1.29 is 4.79 Å². The second-order valence-corrected chi connectivity index (χ2v) is 7.41. The summed E-state index contributed by atoms with van der Waals surface area (Å²) in [6.45, 7) is 4.82. The number of nitrogen functional groups attached to an aromatic ring is 1. The predicted octanol–water partition coefficient (Wildman–Crippen LogP) is 3.68. The Morgan fingerprint density at radius 2 is 2.04 bits per heavy atom. The normalized spacial score (nSPS) is 11.0. The van der Waals surface area contributed by atoms with E-state index in [1.807, 2.05) is 44.2 Å². The number of nitrogens with one attached hydrogen (secondary N) is 1. The summed E-state index contributed by atoms with van der Waals surface area (Å²) in [5, 5.41) is 7.71. The third-order valence-corrected chi connectivity index (χ3v) is 5.33. The molecule has 0 unspecified atom stereocenters. The Balaban J connectivity index is 1.66. The van der Waals surface area contributed by atoms with Gasteiger partial charge in [-0.25, -0.2) is 5.10 Å². The van der Waals surface area contributed by atoms with Gasteiger partial charge in [-0.3, -0.25) is 4.79 Å². The summed E-state index contributed by atoms with van der Waals surface area (Å²) in [5.74, 6) is 0.586. The zero-order chi connectivity index (χ0) is 18.7. The molecule has 0 amide bonds. The number of H-pyrrole nitrogens is 1. The summed E-state index contributed by atoms with van der Waals surface area (Å²) in [5.41, 5.74) is 9.51. The molecule has 3 rings (SSSR count). The fraction of sp³-hybridized carbons (Fsp3) is 0.278. The van der Waals surface area contributed by atoms with Gasteiger partial charge in [-0.05, 0) is 44.0 Å². The summed E-state index contributed by atoms with van der Waals surface area (Å²) in [4.78, 5) is 16.6. The summed E-state index contributed by atoms with van der Waals surface area (Å²) in [7, 11) is 0. The van der Waals surface area contributed by atoms with E-state index in [0.29, 0.717) is 5.16 Å². The molecule has 0 aliphatic heterocycles. The van der Waals surface area contributed by atoms with Gasteiger partial charge in [-0.1, -0.05) is 35.5 Å². The number of ketones is 1. The maximum atomic E-state index is 12.6. The Labute approximate surface area is 161 Å². The standard InChI is InChI=1S/C18H20ClN5OS/c1-11-9-15(16(25)10-26-18-21-17(20)22-23-18)12(2)24(11)8-7-13-3-5-14(19)6-4-13/h3-6,9H,7-8,10H2,1-2H3,(H3,20,21,22,23). The third-order valence-electron chi connectivity index (χ3n) is 4.23. The summed E-state index contributed by atoms with van der Waals surface area (Å²) < 4.78 is 2.18. The van der Waals surface area contributed by atoms with Crippen LogP contribution in [0.15, 0.2) is 35.5 Å². The number of nitrogens with two attached hydrogens (primary N) is 1. The van der Waals surface area contributed by atoms with Crippen LogP contribution in [0.4, 0.5) is 5.95 Å². The van der Waals surface area contributed by atoms with Gasteiger partial charge in [0.05, 0.1) is 5.75 Å². The van der Waals surface area contributed by atoms with Crippen molar-refractivity contribution in [3.8, 4) is 0 Å². The fourth-order valence-electron chi connectivity index (χ4n) is 2.85. The monoisotopic (exact) mass is 389 g/mol. The first-order valence-corrected chi connectivity index (χ1v) is 9.55. The topological polar surface area (TPSA) is 89.6 Å². The van der Waals surface area contributed by atoms with E-state index in [2.05, 4.69) is 19.7 Å². The highest BCUT2D eigenvalue weighted by Gasteiger charge is 2.16. The van der Waals surface area contributed by atoms with E-state index in [1.165, 1.54) is 17.3 Å². The molecule has 0 fully saturated rings. The molecular weight excluding hydrogens is 370 g/mol. The van der Waals surface area contributed by atoms with Crippen LogP contribution < -0.4 is 5.73 Å². The van der Waals surface area contributed by atoms with Crippen LogP contribution in [0.25, 0.3) is 0 Å². The summed E-state index contributed by atoms with van der Waals surface area (Å²) in [6.07, 6.45) is 0.881. The number of rotatable bonds is 7. The van der Waals surface area contributed by atoms with Crippen LogP contribution >= 0.6 is 23.4 Å². The maximum absolute atomic E-state index is 12.6. The largest absolute Gasteiger partial charge is 0.368 e. The number of hydrogen-bond donors (Lipinski definition) is 2. The molecule has 0 radical (unpaired) electrons. The lowest BCUT2D eigenvalue weighted by molar-refractivity contribution is 0.102. The minimum atomic E-state index is 0.0595. The highest BCUT2D eigenvalue weighted by atomic mass is 35.5. The van der Waals surface area contributed by atoms with Crippen molar-refractivity contribution in [1.82, 2.24) is 19.7 Å². The van der Waals surface area contributed by atoms with Crippen LogP contribution in [-0.4, -0.2) is 31.3 Å². The van der Waals surface area contributed by atoms with Crippen LogP contribution in [0.3, 0.4) is 0 Å². The van der Waals surface area contributed by atoms with Crippen molar-refractivity contribution in [2.24, 2.45) is 0 Å². The number of hydrogen-bond acceptors (Lipinski definition) is 5. The Kier molecular flexibility index (Phi) is 5.68. The fourth-order valence-corrected chi connectivity index (χ4v) is 3.66. The Morgan fingerprint density at radius 1 is 1.31 bits per heavy atom. The molecule has 0 saturated heterocycles. The number of Topliss-reactive ketones (excluding diaryl/α,β-unsaturated/α-hetero) is 1. The number of aromatic nitrogens is 4. The lowest BCUT2D eigenvalue weighted by Gasteiger charge is -2.10. The molecule has 136 valence electrons. The van der Waals surface area contributed by atoms with Crippen LogP contribution in [0.5, 0.6) is 0 Å². The number of aromatic amines is 1. The average molecular weight is 390 g/mol. The maximum Gasteiger partial charge on any atom is 0.216 e. The molecule has 0 saturated carbocycles. The molecule has 2 aromatic heterocycles. The van der Waals surface area contributed by atoms with Gasteiger partial charge in [0.1, 0.15) is 0 Å². The van der Waals surface area contributed by atoms with E-state index in [0.717, 1.165) is 34.9 Å². The quantitative estimate of drug-likeness (QED) is 0.475. The Bertz CT molecular complexity index is 916. The van der Waals surface area contributed by atoms with Crippen LogP contribution in [0, 0.1) is 13.8 Å². The molecule has 1 aromatic carbocycles. The van der Waals surface area contributed by atoms with E-state index in [4.69, 9.17) is 17.3 Å². The van der Waals surface area contributed by atoms with Gasteiger partial charge in [-0.2, -0.15) is 4.98 Å². The van der Waals surface area contributed by atoms with Crippen molar-refractivity contribution in [2.45, 2.75) is 32.0 Å². The van der Waals surface area contributed by atoms with E-state index in [1.54, 1.807) is 0 Å². The average Bonchev–Trinajstić information content (AvgIpc) is 3.16. The molecular formula is C18H20ClN5OS. The van der Waals surface area contributed by atoms with Gasteiger partial charge in [0.15, 0.2) is 5.78 Å². The van der Waals surface area contributed by atoms with Gasteiger partial charge in [-0.15, -0.1) is 5.10 Å².